The molecule has 0 amide bonds. The zero-order valence-electron chi connectivity index (χ0n) is 11.1. The molecule has 2 aromatic carbocycles. The highest BCUT2D eigenvalue weighted by Crippen LogP contribution is 2.21. The third-order valence-corrected chi connectivity index (χ3v) is 3.24. The van der Waals surface area contributed by atoms with Gasteiger partial charge in [0.25, 0.3) is 0 Å². The lowest BCUT2D eigenvalue weighted by Crippen LogP contribution is -2.22. The van der Waals surface area contributed by atoms with Crippen molar-refractivity contribution < 1.29 is 9.50 Å². The van der Waals surface area contributed by atoms with Crippen molar-refractivity contribution in [1.29, 1.82) is 0 Å². The van der Waals surface area contributed by atoms with Gasteiger partial charge in [-0.2, -0.15) is 0 Å². The fraction of sp³-hybridized carbons (Fsp3) is 0.250. The summed E-state index contributed by atoms with van der Waals surface area (Å²) in [6.45, 7) is 4.05. The molecule has 3 heteroatoms. The first kappa shape index (κ1) is 13.6. The Labute approximate surface area is 112 Å². The second kappa shape index (κ2) is 5.85. The number of aromatic hydroxyl groups is 1. The Bertz CT molecular complexity index is 539. The lowest BCUT2D eigenvalue weighted by Gasteiger charge is -2.21. The van der Waals surface area contributed by atoms with E-state index in [-0.39, 0.29) is 23.7 Å². The fourth-order valence-electron chi connectivity index (χ4n) is 2.11. The standard InChI is InChI=1S/C16H18FNO/c1-11(13-6-8-16(19)9-7-13)18-12(2)14-4-3-5-15(17)10-14/h3-12,18-19H,1-2H3/t11?,12-/m0/s1. The molecule has 2 aromatic rings. The first-order valence-electron chi connectivity index (χ1n) is 6.36. The summed E-state index contributed by atoms with van der Waals surface area (Å²) in [6.07, 6.45) is 0. The van der Waals surface area contributed by atoms with Crippen LogP contribution < -0.4 is 5.32 Å². The normalized spacial score (nSPS) is 14.1. The number of phenolic OH excluding ortho intramolecular Hbond substituents is 1. The third kappa shape index (κ3) is 3.55. The molecule has 1 unspecified atom stereocenters. The summed E-state index contributed by atoms with van der Waals surface area (Å²) in [5.41, 5.74) is 2.01. The van der Waals surface area contributed by atoms with Crippen LogP contribution in [0.15, 0.2) is 48.5 Å². The van der Waals surface area contributed by atoms with E-state index in [2.05, 4.69) is 5.32 Å². The quantitative estimate of drug-likeness (QED) is 0.871. The molecule has 0 aromatic heterocycles. The molecule has 19 heavy (non-hydrogen) atoms. The van der Waals surface area contributed by atoms with Crippen molar-refractivity contribution in [3.63, 3.8) is 0 Å². The maximum absolute atomic E-state index is 13.2. The molecule has 0 saturated carbocycles. The van der Waals surface area contributed by atoms with Crippen LogP contribution in [-0.4, -0.2) is 5.11 Å². The molecule has 0 spiro atoms. The van der Waals surface area contributed by atoms with Crippen LogP contribution in [0.2, 0.25) is 0 Å². The SMILES string of the molecule is CC(N[C@@H](C)c1cccc(F)c1)c1ccc(O)cc1. The summed E-state index contributed by atoms with van der Waals surface area (Å²) in [5, 5.41) is 12.7. The lowest BCUT2D eigenvalue weighted by atomic mass is 10.0. The van der Waals surface area contributed by atoms with Gasteiger partial charge >= 0.3 is 0 Å². The minimum Gasteiger partial charge on any atom is -0.508 e. The number of rotatable bonds is 4. The van der Waals surface area contributed by atoms with Gasteiger partial charge < -0.3 is 10.4 Å². The van der Waals surface area contributed by atoms with Crippen LogP contribution in [0.1, 0.15) is 37.1 Å². The van der Waals surface area contributed by atoms with Gasteiger partial charge in [-0.1, -0.05) is 24.3 Å². The third-order valence-electron chi connectivity index (χ3n) is 3.24. The van der Waals surface area contributed by atoms with E-state index < -0.39 is 0 Å². The van der Waals surface area contributed by atoms with Crippen LogP contribution in [0.25, 0.3) is 0 Å². The molecule has 0 radical (unpaired) electrons. The van der Waals surface area contributed by atoms with Gasteiger partial charge in [0.15, 0.2) is 0 Å². The first-order valence-corrected chi connectivity index (χ1v) is 6.36. The van der Waals surface area contributed by atoms with E-state index in [1.54, 1.807) is 24.3 Å². The zero-order valence-corrected chi connectivity index (χ0v) is 11.1. The monoisotopic (exact) mass is 259 g/mol. The van der Waals surface area contributed by atoms with Crippen LogP contribution in [0, 0.1) is 5.82 Å². The van der Waals surface area contributed by atoms with Gasteiger partial charge in [-0.05, 0) is 49.2 Å². The van der Waals surface area contributed by atoms with Crippen molar-refractivity contribution in [2.24, 2.45) is 0 Å². The Morgan fingerprint density at radius 2 is 1.58 bits per heavy atom. The lowest BCUT2D eigenvalue weighted by molar-refractivity contribution is 0.471. The maximum Gasteiger partial charge on any atom is 0.123 e. The molecular weight excluding hydrogens is 241 g/mol. The summed E-state index contributed by atoms with van der Waals surface area (Å²) < 4.78 is 13.2. The van der Waals surface area contributed by atoms with E-state index in [9.17, 15) is 9.50 Å². The van der Waals surface area contributed by atoms with Gasteiger partial charge in [0.05, 0.1) is 0 Å². The Morgan fingerprint density at radius 3 is 2.21 bits per heavy atom. The summed E-state index contributed by atoms with van der Waals surface area (Å²) >= 11 is 0. The number of hydrogen-bond donors (Lipinski definition) is 2. The molecule has 0 aliphatic carbocycles. The van der Waals surface area contributed by atoms with Crippen LogP contribution in [0.4, 0.5) is 4.39 Å². The topological polar surface area (TPSA) is 32.3 Å². The van der Waals surface area contributed by atoms with Crippen molar-refractivity contribution in [1.82, 2.24) is 5.32 Å². The highest BCUT2D eigenvalue weighted by atomic mass is 19.1. The molecule has 0 fully saturated rings. The number of nitrogens with one attached hydrogen (secondary N) is 1. The maximum atomic E-state index is 13.2. The van der Waals surface area contributed by atoms with Crippen molar-refractivity contribution in [2.75, 3.05) is 0 Å². The minimum absolute atomic E-state index is 0.0551. The van der Waals surface area contributed by atoms with E-state index in [0.29, 0.717) is 0 Å². The van der Waals surface area contributed by atoms with E-state index in [4.69, 9.17) is 0 Å². The predicted molar refractivity (Wildman–Crippen MR) is 74.5 cm³/mol. The van der Waals surface area contributed by atoms with Crippen molar-refractivity contribution in [3.8, 4) is 5.75 Å². The predicted octanol–water partition coefficient (Wildman–Crippen LogP) is 3.94. The van der Waals surface area contributed by atoms with Gasteiger partial charge in [-0.15, -0.1) is 0 Å². The molecule has 0 saturated heterocycles. The summed E-state index contributed by atoms with van der Waals surface area (Å²) in [4.78, 5) is 0. The second-order valence-electron chi connectivity index (χ2n) is 4.76. The summed E-state index contributed by atoms with van der Waals surface area (Å²) in [7, 11) is 0. The molecule has 0 aliphatic rings. The Morgan fingerprint density at radius 1 is 0.947 bits per heavy atom. The number of hydrogen-bond acceptors (Lipinski definition) is 2. The number of phenols is 1. The largest absolute Gasteiger partial charge is 0.508 e. The summed E-state index contributed by atoms with van der Waals surface area (Å²) in [6, 6.07) is 13.9. The minimum atomic E-state index is -0.219. The van der Waals surface area contributed by atoms with Crippen molar-refractivity contribution in [2.45, 2.75) is 25.9 Å². The molecule has 0 heterocycles. The molecule has 2 N–H and O–H groups in total. The molecule has 0 bridgehead atoms. The van der Waals surface area contributed by atoms with E-state index in [1.165, 1.54) is 6.07 Å². The zero-order chi connectivity index (χ0) is 13.8. The highest BCUT2D eigenvalue weighted by molar-refractivity contribution is 5.28. The van der Waals surface area contributed by atoms with Gasteiger partial charge in [0.1, 0.15) is 11.6 Å². The van der Waals surface area contributed by atoms with E-state index in [0.717, 1.165) is 11.1 Å². The van der Waals surface area contributed by atoms with Crippen LogP contribution in [-0.2, 0) is 0 Å². The molecule has 2 rings (SSSR count). The first-order chi connectivity index (χ1) is 9.06. The fourth-order valence-corrected chi connectivity index (χ4v) is 2.11. The Balaban J connectivity index is 2.06. The molecule has 2 nitrogen and oxygen atoms in total. The molecule has 2 atom stereocenters. The van der Waals surface area contributed by atoms with Crippen molar-refractivity contribution in [3.05, 3.63) is 65.5 Å². The number of halogens is 1. The smallest absolute Gasteiger partial charge is 0.123 e. The highest BCUT2D eigenvalue weighted by Gasteiger charge is 2.11. The van der Waals surface area contributed by atoms with Crippen LogP contribution >= 0.6 is 0 Å². The average Bonchev–Trinajstić information content (AvgIpc) is 2.39. The molecule has 100 valence electrons. The summed E-state index contributed by atoms with van der Waals surface area (Å²) in [5.74, 6) is 0.0394. The van der Waals surface area contributed by atoms with Gasteiger partial charge in [0, 0.05) is 12.1 Å². The van der Waals surface area contributed by atoms with Gasteiger partial charge in [-0.3, -0.25) is 0 Å². The number of benzene rings is 2. The van der Waals surface area contributed by atoms with Crippen LogP contribution in [0.5, 0.6) is 5.75 Å². The van der Waals surface area contributed by atoms with Crippen molar-refractivity contribution >= 4 is 0 Å². The Kier molecular flexibility index (Phi) is 4.17. The average molecular weight is 259 g/mol. The second-order valence-corrected chi connectivity index (χ2v) is 4.76. The van der Waals surface area contributed by atoms with E-state index >= 15 is 0 Å². The van der Waals surface area contributed by atoms with Gasteiger partial charge in [0.2, 0.25) is 0 Å². The molecule has 0 aliphatic heterocycles. The van der Waals surface area contributed by atoms with Crippen LogP contribution in [0.3, 0.4) is 0 Å². The van der Waals surface area contributed by atoms with Gasteiger partial charge in [-0.25, -0.2) is 4.39 Å². The Hall–Kier alpha value is -1.87. The van der Waals surface area contributed by atoms with E-state index in [1.807, 2.05) is 32.0 Å². The molecular formula is C16H18FNO.